The van der Waals surface area contributed by atoms with E-state index in [4.69, 9.17) is 5.26 Å². The van der Waals surface area contributed by atoms with Crippen LogP contribution in [-0.2, 0) is 0 Å². The van der Waals surface area contributed by atoms with Gasteiger partial charge in [-0.05, 0) is 25.2 Å². The fourth-order valence-electron chi connectivity index (χ4n) is 3.54. The molecule has 2 rings (SSSR count). The standard InChI is InChI=1S/C11H17NO/c1-9(2)8-4-5-10(3,6-8)11(9,13)7-12/h8,13H,4-6H2,1-3H3/t8-,10-,11+/m1/s1. The van der Waals surface area contributed by atoms with Crippen LogP contribution in [0.3, 0.4) is 0 Å². The molecule has 2 nitrogen and oxygen atoms in total. The number of nitrogens with zero attached hydrogens (tertiary/aromatic N) is 1. The van der Waals surface area contributed by atoms with E-state index in [0.29, 0.717) is 5.92 Å². The van der Waals surface area contributed by atoms with Gasteiger partial charge >= 0.3 is 0 Å². The zero-order valence-electron chi connectivity index (χ0n) is 8.59. The first kappa shape index (κ1) is 9.02. The Morgan fingerprint density at radius 1 is 1.38 bits per heavy atom. The van der Waals surface area contributed by atoms with E-state index in [9.17, 15) is 5.11 Å². The van der Waals surface area contributed by atoms with E-state index in [2.05, 4.69) is 13.0 Å². The van der Waals surface area contributed by atoms with E-state index < -0.39 is 5.60 Å². The van der Waals surface area contributed by atoms with Gasteiger partial charge in [0.05, 0.1) is 6.07 Å². The van der Waals surface area contributed by atoms with Crippen LogP contribution in [0.1, 0.15) is 40.0 Å². The van der Waals surface area contributed by atoms with E-state index in [1.165, 1.54) is 6.42 Å². The van der Waals surface area contributed by atoms with Gasteiger partial charge in [0, 0.05) is 10.8 Å². The number of aliphatic hydroxyl groups is 1. The van der Waals surface area contributed by atoms with Crippen LogP contribution in [0.4, 0.5) is 0 Å². The van der Waals surface area contributed by atoms with Gasteiger partial charge in [0.2, 0.25) is 0 Å². The van der Waals surface area contributed by atoms with Crippen molar-refractivity contribution in [3.05, 3.63) is 0 Å². The van der Waals surface area contributed by atoms with Gasteiger partial charge in [-0.3, -0.25) is 0 Å². The molecule has 0 aromatic heterocycles. The van der Waals surface area contributed by atoms with Crippen LogP contribution in [0.2, 0.25) is 0 Å². The number of hydrogen-bond donors (Lipinski definition) is 1. The quantitative estimate of drug-likeness (QED) is 0.579. The normalized spacial score (nSPS) is 52.1. The van der Waals surface area contributed by atoms with Crippen molar-refractivity contribution in [2.24, 2.45) is 16.7 Å². The first-order chi connectivity index (χ1) is 5.87. The Bertz CT molecular complexity index is 284. The summed E-state index contributed by atoms with van der Waals surface area (Å²) in [4.78, 5) is 0. The van der Waals surface area contributed by atoms with E-state index in [0.717, 1.165) is 12.8 Å². The fraction of sp³-hybridized carbons (Fsp3) is 0.909. The van der Waals surface area contributed by atoms with Crippen molar-refractivity contribution in [1.82, 2.24) is 0 Å². The highest BCUT2D eigenvalue weighted by atomic mass is 16.3. The van der Waals surface area contributed by atoms with E-state index >= 15 is 0 Å². The number of rotatable bonds is 0. The minimum atomic E-state index is -1.11. The second-order valence-electron chi connectivity index (χ2n) is 5.54. The SMILES string of the molecule is CC1(C)[C@@H]2CC[C@](C)(C2)[C@]1(O)C#N. The van der Waals surface area contributed by atoms with Crippen LogP contribution in [0, 0.1) is 28.1 Å². The summed E-state index contributed by atoms with van der Waals surface area (Å²) in [5, 5.41) is 19.6. The molecule has 2 bridgehead atoms. The van der Waals surface area contributed by atoms with Gasteiger partial charge in [-0.1, -0.05) is 20.8 Å². The largest absolute Gasteiger partial charge is 0.374 e. The minimum absolute atomic E-state index is 0.157. The monoisotopic (exact) mass is 179 g/mol. The topological polar surface area (TPSA) is 44.0 Å². The summed E-state index contributed by atoms with van der Waals surface area (Å²) >= 11 is 0. The lowest BCUT2D eigenvalue weighted by Crippen LogP contribution is -2.52. The second-order valence-corrected chi connectivity index (χ2v) is 5.54. The Kier molecular flexibility index (Phi) is 1.45. The van der Waals surface area contributed by atoms with Gasteiger partial charge in [-0.2, -0.15) is 5.26 Å². The van der Waals surface area contributed by atoms with Crippen molar-refractivity contribution in [1.29, 1.82) is 5.26 Å². The smallest absolute Gasteiger partial charge is 0.161 e. The van der Waals surface area contributed by atoms with Crippen molar-refractivity contribution in [2.45, 2.75) is 45.6 Å². The number of hydrogen-bond acceptors (Lipinski definition) is 2. The minimum Gasteiger partial charge on any atom is -0.374 e. The molecule has 2 fully saturated rings. The molecule has 2 aliphatic rings. The molecular weight excluding hydrogens is 162 g/mol. The molecule has 0 aromatic carbocycles. The van der Waals surface area contributed by atoms with Crippen LogP contribution >= 0.6 is 0 Å². The van der Waals surface area contributed by atoms with Crippen molar-refractivity contribution >= 4 is 0 Å². The van der Waals surface area contributed by atoms with Gasteiger partial charge in [0.15, 0.2) is 5.60 Å². The summed E-state index contributed by atoms with van der Waals surface area (Å²) in [6.45, 7) is 6.13. The maximum atomic E-state index is 10.4. The second kappa shape index (κ2) is 2.09. The average Bonchev–Trinajstić information content (AvgIpc) is 2.51. The van der Waals surface area contributed by atoms with E-state index in [1.807, 2.05) is 13.8 Å². The number of fused-ring (bicyclic) bond motifs is 2. The highest BCUT2D eigenvalue weighted by Crippen LogP contribution is 2.67. The Morgan fingerprint density at radius 3 is 2.31 bits per heavy atom. The summed E-state index contributed by atoms with van der Waals surface area (Å²) in [7, 11) is 0. The van der Waals surface area contributed by atoms with Gasteiger partial charge in [0.1, 0.15) is 0 Å². The van der Waals surface area contributed by atoms with Gasteiger partial charge in [0.25, 0.3) is 0 Å². The first-order valence-electron chi connectivity index (χ1n) is 5.01. The third-order valence-electron chi connectivity index (χ3n) is 4.73. The molecule has 0 aromatic rings. The Hall–Kier alpha value is -0.550. The molecule has 0 heterocycles. The van der Waals surface area contributed by atoms with Gasteiger partial charge in [-0.15, -0.1) is 0 Å². The maximum absolute atomic E-state index is 10.4. The molecule has 2 saturated carbocycles. The first-order valence-corrected chi connectivity index (χ1v) is 5.01. The summed E-state index contributed by atoms with van der Waals surface area (Å²) in [5.41, 5.74) is -1.49. The van der Waals surface area contributed by atoms with Crippen molar-refractivity contribution in [3.8, 4) is 6.07 Å². The summed E-state index contributed by atoms with van der Waals surface area (Å²) in [6, 6.07) is 2.16. The van der Waals surface area contributed by atoms with Gasteiger partial charge in [-0.25, -0.2) is 0 Å². The number of nitriles is 1. The Labute approximate surface area is 79.6 Å². The average molecular weight is 179 g/mol. The predicted molar refractivity (Wildman–Crippen MR) is 49.8 cm³/mol. The molecule has 2 heteroatoms. The highest BCUT2D eigenvalue weighted by Gasteiger charge is 2.69. The van der Waals surface area contributed by atoms with Gasteiger partial charge < -0.3 is 5.11 Å². The lowest BCUT2D eigenvalue weighted by molar-refractivity contribution is -0.0969. The molecule has 2 aliphatic carbocycles. The Morgan fingerprint density at radius 2 is 2.00 bits per heavy atom. The lowest BCUT2D eigenvalue weighted by Gasteiger charge is -2.45. The summed E-state index contributed by atoms with van der Waals surface area (Å²) in [5.74, 6) is 0.530. The highest BCUT2D eigenvalue weighted by molar-refractivity contribution is 5.26. The zero-order chi connectivity index (χ0) is 9.91. The molecule has 0 spiro atoms. The molecule has 13 heavy (non-hydrogen) atoms. The predicted octanol–water partition coefficient (Wildman–Crippen LogP) is 2.09. The summed E-state index contributed by atoms with van der Waals surface area (Å²) in [6.07, 6.45) is 3.20. The molecule has 0 unspecified atom stereocenters. The lowest BCUT2D eigenvalue weighted by atomic mass is 9.61. The van der Waals surface area contributed by atoms with E-state index in [1.54, 1.807) is 0 Å². The van der Waals surface area contributed by atoms with Crippen LogP contribution in [0.25, 0.3) is 0 Å². The molecule has 3 atom stereocenters. The molecule has 72 valence electrons. The van der Waals surface area contributed by atoms with Crippen LogP contribution < -0.4 is 0 Å². The van der Waals surface area contributed by atoms with Crippen molar-refractivity contribution in [3.63, 3.8) is 0 Å². The maximum Gasteiger partial charge on any atom is 0.161 e. The van der Waals surface area contributed by atoms with Crippen LogP contribution in [-0.4, -0.2) is 10.7 Å². The van der Waals surface area contributed by atoms with Crippen LogP contribution in [0.15, 0.2) is 0 Å². The third-order valence-corrected chi connectivity index (χ3v) is 4.73. The summed E-state index contributed by atoms with van der Waals surface area (Å²) < 4.78 is 0. The van der Waals surface area contributed by atoms with E-state index in [-0.39, 0.29) is 10.8 Å². The molecule has 0 aliphatic heterocycles. The van der Waals surface area contributed by atoms with Crippen molar-refractivity contribution < 1.29 is 5.11 Å². The zero-order valence-corrected chi connectivity index (χ0v) is 8.59. The molecule has 1 N–H and O–H groups in total. The Balaban J connectivity index is 2.53. The molecular formula is C11H17NO. The third kappa shape index (κ3) is 0.729. The van der Waals surface area contributed by atoms with Crippen LogP contribution in [0.5, 0.6) is 0 Å². The molecule has 0 amide bonds. The molecule has 0 radical (unpaired) electrons. The fourth-order valence-corrected chi connectivity index (χ4v) is 3.54. The molecule has 0 saturated heterocycles. The van der Waals surface area contributed by atoms with Crippen molar-refractivity contribution in [2.75, 3.05) is 0 Å².